The average molecular weight is 297 g/mol. The fourth-order valence-electron chi connectivity index (χ4n) is 1.47. The van der Waals surface area contributed by atoms with E-state index in [-0.39, 0.29) is 22.9 Å². The van der Waals surface area contributed by atoms with Crippen LogP contribution in [0.1, 0.15) is 5.56 Å². The Hall–Kier alpha value is -2.46. The molecule has 0 saturated carbocycles. The van der Waals surface area contributed by atoms with Crippen molar-refractivity contribution in [1.82, 2.24) is 14.9 Å². The maximum atomic E-state index is 12.0. The number of nitrogens with one attached hydrogen (secondary N) is 2. The highest BCUT2D eigenvalue weighted by atomic mass is 32.2. The van der Waals surface area contributed by atoms with Crippen LogP contribution in [0.3, 0.4) is 0 Å². The summed E-state index contributed by atoms with van der Waals surface area (Å²) in [6.45, 7) is -0.0261. The fraction of sp³-hybridized carbons (Fsp3) is 0.100. The molecule has 10 heteroatoms. The number of hydrogen-bond donors (Lipinski definition) is 3. The first-order chi connectivity index (χ1) is 9.40. The molecule has 1 aromatic heterocycles. The number of benzene rings is 1. The molecule has 0 aliphatic carbocycles. The van der Waals surface area contributed by atoms with Gasteiger partial charge in [-0.2, -0.15) is 5.10 Å². The largest absolute Gasteiger partial charge is 0.384 e. The van der Waals surface area contributed by atoms with Gasteiger partial charge in [-0.1, -0.05) is 0 Å². The van der Waals surface area contributed by atoms with E-state index >= 15 is 0 Å². The minimum atomic E-state index is -3.77. The van der Waals surface area contributed by atoms with Crippen LogP contribution >= 0.6 is 0 Å². The highest BCUT2D eigenvalue weighted by Crippen LogP contribution is 2.16. The summed E-state index contributed by atoms with van der Waals surface area (Å²) in [5, 5.41) is 16.6. The zero-order valence-corrected chi connectivity index (χ0v) is 10.9. The third-order valence-corrected chi connectivity index (χ3v) is 3.98. The first kappa shape index (κ1) is 14.0. The SMILES string of the molecule is Nc1[nH]ncc1CNS(=O)(=O)c1ccc([N+](=O)[O-])cc1. The number of aromatic amines is 1. The smallest absolute Gasteiger partial charge is 0.269 e. The highest BCUT2D eigenvalue weighted by Gasteiger charge is 2.16. The van der Waals surface area contributed by atoms with Crippen molar-refractivity contribution < 1.29 is 13.3 Å². The lowest BCUT2D eigenvalue weighted by Gasteiger charge is -2.05. The molecule has 0 fully saturated rings. The van der Waals surface area contributed by atoms with Crippen molar-refractivity contribution in [3.05, 3.63) is 46.1 Å². The molecule has 0 saturated heterocycles. The van der Waals surface area contributed by atoms with Crippen LogP contribution in [0.15, 0.2) is 35.4 Å². The van der Waals surface area contributed by atoms with Gasteiger partial charge in [0, 0.05) is 24.2 Å². The second-order valence-electron chi connectivity index (χ2n) is 3.88. The van der Waals surface area contributed by atoms with Crippen LogP contribution < -0.4 is 10.5 Å². The molecular formula is C10H11N5O4S. The van der Waals surface area contributed by atoms with Gasteiger partial charge in [-0.3, -0.25) is 15.2 Å². The van der Waals surface area contributed by atoms with Crippen LogP contribution in [0.25, 0.3) is 0 Å². The Labute approximate surface area is 114 Å². The zero-order chi connectivity index (χ0) is 14.8. The number of aromatic nitrogens is 2. The molecule has 9 nitrogen and oxygen atoms in total. The molecule has 0 spiro atoms. The fourth-order valence-corrected chi connectivity index (χ4v) is 2.47. The van der Waals surface area contributed by atoms with Crippen molar-refractivity contribution in [2.45, 2.75) is 11.4 Å². The lowest BCUT2D eigenvalue weighted by atomic mass is 10.3. The van der Waals surface area contributed by atoms with E-state index in [1.807, 2.05) is 0 Å². The van der Waals surface area contributed by atoms with Gasteiger partial charge in [0.1, 0.15) is 5.82 Å². The molecule has 1 aromatic carbocycles. The Bertz CT molecular complexity index is 722. The molecule has 2 rings (SSSR count). The molecule has 1 heterocycles. The third-order valence-electron chi connectivity index (χ3n) is 2.56. The quantitative estimate of drug-likeness (QED) is 0.537. The predicted molar refractivity (Wildman–Crippen MR) is 70.1 cm³/mol. The minimum absolute atomic E-state index is 0.0261. The summed E-state index contributed by atoms with van der Waals surface area (Å²) in [5.41, 5.74) is 5.87. The number of anilines is 1. The van der Waals surface area contributed by atoms with Crippen molar-refractivity contribution in [3.8, 4) is 0 Å². The van der Waals surface area contributed by atoms with Crippen LogP contribution in [0, 0.1) is 10.1 Å². The lowest BCUT2D eigenvalue weighted by molar-refractivity contribution is -0.384. The van der Waals surface area contributed by atoms with Gasteiger partial charge in [-0.25, -0.2) is 13.1 Å². The van der Waals surface area contributed by atoms with Gasteiger partial charge in [-0.05, 0) is 12.1 Å². The van der Waals surface area contributed by atoms with E-state index in [2.05, 4.69) is 14.9 Å². The predicted octanol–water partition coefficient (Wildman–Crippen LogP) is 0.379. The number of hydrogen-bond acceptors (Lipinski definition) is 6. The van der Waals surface area contributed by atoms with Crippen LogP contribution in [-0.2, 0) is 16.6 Å². The topological polar surface area (TPSA) is 144 Å². The maximum absolute atomic E-state index is 12.0. The van der Waals surface area contributed by atoms with Gasteiger partial charge in [0.15, 0.2) is 0 Å². The summed E-state index contributed by atoms with van der Waals surface area (Å²) >= 11 is 0. The van der Waals surface area contributed by atoms with Crippen molar-refractivity contribution in [2.75, 3.05) is 5.73 Å². The summed E-state index contributed by atoms with van der Waals surface area (Å²) in [6.07, 6.45) is 1.41. The summed E-state index contributed by atoms with van der Waals surface area (Å²) < 4.78 is 26.3. The van der Waals surface area contributed by atoms with E-state index in [1.165, 1.54) is 18.3 Å². The van der Waals surface area contributed by atoms with Gasteiger partial charge in [0.2, 0.25) is 10.0 Å². The molecule has 0 atom stereocenters. The van der Waals surface area contributed by atoms with Gasteiger partial charge in [-0.15, -0.1) is 0 Å². The van der Waals surface area contributed by atoms with E-state index in [1.54, 1.807) is 0 Å². The molecule has 0 aliphatic rings. The number of rotatable bonds is 5. The molecular weight excluding hydrogens is 286 g/mol. The first-order valence-corrected chi connectivity index (χ1v) is 6.90. The zero-order valence-electron chi connectivity index (χ0n) is 10.1. The van der Waals surface area contributed by atoms with E-state index in [0.29, 0.717) is 5.56 Å². The van der Waals surface area contributed by atoms with Crippen LogP contribution in [0.2, 0.25) is 0 Å². The molecule has 4 N–H and O–H groups in total. The summed E-state index contributed by atoms with van der Waals surface area (Å²) in [4.78, 5) is 9.83. The average Bonchev–Trinajstić information content (AvgIpc) is 2.82. The highest BCUT2D eigenvalue weighted by molar-refractivity contribution is 7.89. The summed E-state index contributed by atoms with van der Waals surface area (Å²) in [7, 11) is -3.77. The Kier molecular flexibility index (Phi) is 3.68. The van der Waals surface area contributed by atoms with E-state index in [0.717, 1.165) is 12.1 Å². The molecule has 20 heavy (non-hydrogen) atoms. The van der Waals surface area contributed by atoms with Crippen molar-refractivity contribution in [2.24, 2.45) is 0 Å². The Morgan fingerprint density at radius 2 is 2.00 bits per heavy atom. The van der Waals surface area contributed by atoms with Crippen molar-refractivity contribution in [1.29, 1.82) is 0 Å². The normalized spacial score (nSPS) is 11.4. The van der Waals surface area contributed by atoms with Gasteiger partial charge >= 0.3 is 0 Å². The number of nitro groups is 1. The number of sulfonamides is 1. The second kappa shape index (κ2) is 5.27. The minimum Gasteiger partial charge on any atom is -0.384 e. The molecule has 106 valence electrons. The molecule has 0 bridgehead atoms. The van der Waals surface area contributed by atoms with Crippen LogP contribution in [0.5, 0.6) is 0 Å². The molecule has 0 amide bonds. The lowest BCUT2D eigenvalue weighted by Crippen LogP contribution is -2.23. The molecule has 0 aliphatic heterocycles. The van der Waals surface area contributed by atoms with Crippen molar-refractivity contribution >= 4 is 21.5 Å². The van der Waals surface area contributed by atoms with Crippen LogP contribution in [-0.4, -0.2) is 23.5 Å². The number of non-ortho nitro benzene ring substituents is 1. The van der Waals surface area contributed by atoms with E-state index in [4.69, 9.17) is 5.73 Å². The molecule has 0 unspecified atom stereocenters. The first-order valence-electron chi connectivity index (χ1n) is 5.42. The van der Waals surface area contributed by atoms with Crippen molar-refractivity contribution in [3.63, 3.8) is 0 Å². The summed E-state index contributed by atoms with van der Waals surface area (Å²) in [6, 6.07) is 4.58. The second-order valence-corrected chi connectivity index (χ2v) is 5.65. The Balaban J connectivity index is 2.14. The Morgan fingerprint density at radius 1 is 1.35 bits per heavy atom. The number of nitrogens with zero attached hydrogens (tertiary/aromatic N) is 2. The third kappa shape index (κ3) is 2.92. The van der Waals surface area contributed by atoms with Gasteiger partial charge in [0.05, 0.1) is 16.0 Å². The van der Waals surface area contributed by atoms with Gasteiger partial charge in [0.25, 0.3) is 5.69 Å². The molecule has 0 radical (unpaired) electrons. The number of nitro benzene ring substituents is 1. The Morgan fingerprint density at radius 3 is 2.50 bits per heavy atom. The number of nitrogens with two attached hydrogens (primary N) is 1. The van der Waals surface area contributed by atoms with E-state index < -0.39 is 14.9 Å². The van der Waals surface area contributed by atoms with Crippen LogP contribution in [0.4, 0.5) is 11.5 Å². The maximum Gasteiger partial charge on any atom is 0.269 e. The number of nitrogen functional groups attached to an aromatic ring is 1. The molecule has 2 aromatic rings. The standard InChI is InChI=1S/C10H11N5O4S/c11-10-7(5-12-14-10)6-13-20(18,19)9-3-1-8(2-4-9)15(16)17/h1-5,13H,6H2,(H3,11,12,14). The monoisotopic (exact) mass is 297 g/mol. The number of H-pyrrole nitrogens is 1. The van der Waals surface area contributed by atoms with E-state index in [9.17, 15) is 18.5 Å². The van der Waals surface area contributed by atoms with Gasteiger partial charge < -0.3 is 5.73 Å². The summed E-state index contributed by atoms with van der Waals surface area (Å²) in [5.74, 6) is 0.274.